The normalized spacial score (nSPS) is 18.6. The van der Waals surface area contributed by atoms with Gasteiger partial charge in [0.1, 0.15) is 16.5 Å². The number of hydrogen-bond donors (Lipinski definition) is 1. The van der Waals surface area contributed by atoms with Crippen molar-refractivity contribution in [2.45, 2.75) is 65.3 Å². The van der Waals surface area contributed by atoms with E-state index in [1.165, 1.54) is 27.8 Å². The molecule has 2 amide bonds. The monoisotopic (exact) mass is 491 g/mol. The lowest BCUT2D eigenvalue weighted by Gasteiger charge is -2.37. The number of aryl methyl sites for hydroxylation is 3. The summed E-state index contributed by atoms with van der Waals surface area (Å²) < 4.78 is 0. The van der Waals surface area contributed by atoms with E-state index in [-0.39, 0.29) is 11.6 Å². The van der Waals surface area contributed by atoms with Crippen LogP contribution in [0.5, 0.6) is 0 Å². The largest absolute Gasteiger partial charge is 0.352 e. The lowest BCUT2D eigenvalue weighted by Crippen LogP contribution is -2.55. The molecule has 0 saturated carbocycles. The Morgan fingerprint density at radius 3 is 2.54 bits per heavy atom. The third kappa shape index (κ3) is 5.45. The number of piperazine rings is 1. The van der Waals surface area contributed by atoms with Crippen LogP contribution in [0.25, 0.3) is 10.2 Å². The molecule has 1 fully saturated rings. The molecule has 0 bridgehead atoms. The predicted octanol–water partition coefficient (Wildman–Crippen LogP) is 5.23. The highest BCUT2D eigenvalue weighted by Gasteiger charge is 2.29. The maximum Gasteiger partial charge on any atom is 0.317 e. The Bertz CT molecular complexity index is 1190. The van der Waals surface area contributed by atoms with E-state index < -0.39 is 0 Å². The van der Waals surface area contributed by atoms with Gasteiger partial charge in [0.15, 0.2) is 0 Å². The van der Waals surface area contributed by atoms with Crippen molar-refractivity contribution < 1.29 is 4.79 Å². The van der Waals surface area contributed by atoms with Gasteiger partial charge in [-0.25, -0.2) is 14.8 Å². The molecule has 5 rings (SSSR count). The number of amides is 2. The molecule has 3 heterocycles. The van der Waals surface area contributed by atoms with Gasteiger partial charge in [-0.1, -0.05) is 37.3 Å². The van der Waals surface area contributed by atoms with Gasteiger partial charge in [0.2, 0.25) is 0 Å². The number of benzene rings is 1. The fourth-order valence-corrected chi connectivity index (χ4v) is 6.52. The molecule has 2 aliphatic rings. The van der Waals surface area contributed by atoms with Crippen molar-refractivity contribution in [1.82, 2.24) is 20.2 Å². The zero-order chi connectivity index (χ0) is 24.6. The number of carbonyl (C=O) groups excluding carboxylic acids is 1. The van der Waals surface area contributed by atoms with Crippen molar-refractivity contribution in [3.8, 4) is 0 Å². The average Bonchev–Trinajstić information content (AvgIpc) is 3.19. The van der Waals surface area contributed by atoms with Crippen molar-refractivity contribution in [2.75, 3.05) is 31.1 Å². The van der Waals surface area contributed by atoms with Crippen LogP contribution in [-0.2, 0) is 25.7 Å². The Morgan fingerprint density at radius 1 is 1.09 bits per heavy atom. The number of aromatic nitrogens is 2. The van der Waals surface area contributed by atoms with Gasteiger partial charge >= 0.3 is 6.03 Å². The van der Waals surface area contributed by atoms with Gasteiger partial charge in [-0.05, 0) is 63.5 Å². The first-order valence-electron chi connectivity index (χ1n) is 12.9. The van der Waals surface area contributed by atoms with Crippen molar-refractivity contribution in [3.05, 3.63) is 52.2 Å². The summed E-state index contributed by atoms with van der Waals surface area (Å²) >= 11 is 1.88. The Balaban J connectivity index is 1.42. The molecule has 1 saturated heterocycles. The molecule has 0 radical (unpaired) electrons. The molecule has 1 aromatic carbocycles. The third-order valence-electron chi connectivity index (χ3n) is 7.01. The average molecular weight is 492 g/mol. The van der Waals surface area contributed by atoms with Crippen molar-refractivity contribution in [3.63, 3.8) is 0 Å². The number of nitrogens with one attached hydrogen (secondary N) is 1. The minimum atomic E-state index is -0.229. The number of carbonyl (C=O) groups is 1. The summed E-state index contributed by atoms with van der Waals surface area (Å²) in [6, 6.07) is 10.6. The summed E-state index contributed by atoms with van der Waals surface area (Å²) in [5, 5.41) is 4.37. The highest BCUT2D eigenvalue weighted by molar-refractivity contribution is 7.19. The van der Waals surface area contributed by atoms with E-state index in [0.717, 1.165) is 61.2 Å². The summed E-state index contributed by atoms with van der Waals surface area (Å²) in [5.41, 5.74) is 2.56. The van der Waals surface area contributed by atoms with Crippen LogP contribution >= 0.6 is 11.3 Å². The van der Waals surface area contributed by atoms with Crippen LogP contribution in [-0.4, -0.2) is 52.6 Å². The van der Waals surface area contributed by atoms with Gasteiger partial charge in [-0.15, -0.1) is 11.3 Å². The molecule has 1 aliphatic carbocycles. The first kappa shape index (κ1) is 24.0. The van der Waals surface area contributed by atoms with Crippen molar-refractivity contribution in [2.24, 2.45) is 5.92 Å². The van der Waals surface area contributed by atoms with Gasteiger partial charge < -0.3 is 15.1 Å². The van der Waals surface area contributed by atoms with E-state index in [1.807, 2.05) is 37.0 Å². The Morgan fingerprint density at radius 2 is 1.83 bits per heavy atom. The molecular formula is C28H37N5OS. The van der Waals surface area contributed by atoms with E-state index in [1.54, 1.807) is 0 Å². The summed E-state index contributed by atoms with van der Waals surface area (Å²) in [5.74, 6) is 2.74. The summed E-state index contributed by atoms with van der Waals surface area (Å²) in [6.07, 6.45) is 5.27. The fraction of sp³-hybridized carbons (Fsp3) is 0.536. The van der Waals surface area contributed by atoms with Crippen molar-refractivity contribution in [1.29, 1.82) is 0 Å². The van der Waals surface area contributed by atoms with E-state index >= 15 is 0 Å². The number of anilines is 1. The highest BCUT2D eigenvalue weighted by Crippen LogP contribution is 2.41. The predicted molar refractivity (Wildman–Crippen MR) is 145 cm³/mol. The molecule has 7 heteroatoms. The van der Waals surface area contributed by atoms with Crippen LogP contribution in [0.15, 0.2) is 30.3 Å². The molecule has 3 aromatic rings. The van der Waals surface area contributed by atoms with Crippen LogP contribution in [0.3, 0.4) is 0 Å². The smallest absolute Gasteiger partial charge is 0.317 e. The minimum Gasteiger partial charge on any atom is -0.352 e. The first-order valence-corrected chi connectivity index (χ1v) is 13.8. The van der Waals surface area contributed by atoms with E-state index in [2.05, 4.69) is 47.5 Å². The second-order valence-electron chi connectivity index (χ2n) is 11.1. The minimum absolute atomic E-state index is 0.0236. The second-order valence-corrected chi connectivity index (χ2v) is 12.2. The number of fused-ring (bicyclic) bond motifs is 3. The number of urea groups is 1. The molecule has 6 nitrogen and oxygen atoms in total. The number of nitrogens with zero attached hydrogens (tertiary/aromatic N) is 4. The lowest BCUT2D eigenvalue weighted by atomic mass is 9.89. The number of rotatable bonds is 4. The molecule has 1 aliphatic heterocycles. The summed E-state index contributed by atoms with van der Waals surface area (Å²) in [6.45, 7) is 11.4. The van der Waals surface area contributed by atoms with Gasteiger partial charge in [0.25, 0.3) is 0 Å². The van der Waals surface area contributed by atoms with E-state index in [9.17, 15) is 4.79 Å². The molecule has 1 atom stereocenters. The highest BCUT2D eigenvalue weighted by atomic mass is 32.1. The van der Waals surface area contributed by atoms with Gasteiger partial charge in [0, 0.05) is 43.0 Å². The van der Waals surface area contributed by atoms with Gasteiger partial charge in [0.05, 0.1) is 5.39 Å². The number of thiophene rings is 1. The fourth-order valence-electron chi connectivity index (χ4n) is 5.13. The quantitative estimate of drug-likeness (QED) is 0.543. The zero-order valence-corrected chi connectivity index (χ0v) is 22.2. The standard InChI is InChI=1S/C28H37N5OS/c1-19-10-12-21-22(18-19)35-26-24(21)25(29-23(30-26)13-11-20-8-6-5-7-9-20)32-14-16-33(17-15-32)27(34)31-28(2,3)4/h5-9,19H,10-18H2,1-4H3,(H,31,34). The molecule has 186 valence electrons. The molecular weight excluding hydrogens is 454 g/mol. The van der Waals surface area contributed by atoms with Crippen LogP contribution in [0, 0.1) is 5.92 Å². The molecule has 1 N–H and O–H groups in total. The topological polar surface area (TPSA) is 61.4 Å². The Kier molecular flexibility index (Phi) is 6.71. The molecule has 2 aromatic heterocycles. The van der Waals surface area contributed by atoms with Crippen LogP contribution in [0.1, 0.15) is 55.9 Å². The van der Waals surface area contributed by atoms with Crippen LogP contribution in [0.4, 0.5) is 10.6 Å². The Hall–Kier alpha value is -2.67. The Labute approximate surface area is 212 Å². The summed E-state index contributed by atoms with van der Waals surface area (Å²) in [4.78, 5) is 29.9. The molecule has 0 spiro atoms. The van der Waals surface area contributed by atoms with Crippen molar-refractivity contribution >= 4 is 33.4 Å². The van der Waals surface area contributed by atoms with Crippen LogP contribution < -0.4 is 10.2 Å². The lowest BCUT2D eigenvalue weighted by molar-refractivity contribution is 0.185. The maximum atomic E-state index is 12.7. The number of hydrogen-bond acceptors (Lipinski definition) is 5. The van der Waals surface area contributed by atoms with Gasteiger partial charge in [-0.2, -0.15) is 0 Å². The zero-order valence-electron chi connectivity index (χ0n) is 21.4. The first-order chi connectivity index (χ1) is 16.8. The maximum absolute atomic E-state index is 12.7. The van der Waals surface area contributed by atoms with E-state index in [4.69, 9.17) is 9.97 Å². The van der Waals surface area contributed by atoms with E-state index in [0.29, 0.717) is 13.1 Å². The van der Waals surface area contributed by atoms with Crippen LogP contribution in [0.2, 0.25) is 0 Å². The SMILES string of the molecule is CC1CCc2c(sc3nc(CCc4ccccc4)nc(N4CCN(C(=O)NC(C)(C)C)CC4)c23)C1. The summed E-state index contributed by atoms with van der Waals surface area (Å²) in [7, 11) is 0. The third-order valence-corrected chi connectivity index (χ3v) is 8.16. The molecule has 35 heavy (non-hydrogen) atoms. The second kappa shape index (κ2) is 9.76. The molecule has 1 unspecified atom stereocenters. The van der Waals surface area contributed by atoms with Gasteiger partial charge in [-0.3, -0.25) is 0 Å².